The Morgan fingerprint density at radius 3 is 2.40 bits per heavy atom. The lowest BCUT2D eigenvalue weighted by atomic mass is 10.1. The predicted octanol–water partition coefficient (Wildman–Crippen LogP) is 4.06. The van der Waals surface area contributed by atoms with Crippen molar-refractivity contribution in [2.45, 2.75) is 18.3 Å². The van der Waals surface area contributed by atoms with Crippen molar-refractivity contribution >= 4 is 17.5 Å². The molecule has 1 fully saturated rings. The molecule has 218 valence electrons. The van der Waals surface area contributed by atoms with Gasteiger partial charge in [-0.2, -0.15) is 40.2 Å². The average Bonchev–Trinajstić information content (AvgIpc) is 3.49. The lowest BCUT2D eigenvalue weighted by Crippen LogP contribution is -2.41. The van der Waals surface area contributed by atoms with Gasteiger partial charge >= 0.3 is 18.3 Å². The highest BCUT2D eigenvalue weighted by atomic mass is 35.5. The lowest BCUT2D eigenvalue weighted by Gasteiger charge is -2.26. The second-order valence-electron chi connectivity index (χ2n) is 8.69. The van der Waals surface area contributed by atoms with Gasteiger partial charge in [0.15, 0.2) is 11.5 Å². The summed E-state index contributed by atoms with van der Waals surface area (Å²) in [6, 6.07) is 4.00. The Labute approximate surface area is 225 Å². The second-order valence-corrected chi connectivity index (χ2v) is 9.10. The first-order chi connectivity index (χ1) is 18.6. The van der Waals surface area contributed by atoms with Gasteiger partial charge in [0.2, 0.25) is 0 Å². The zero-order chi connectivity index (χ0) is 29.5. The van der Waals surface area contributed by atoms with Crippen LogP contribution in [0.4, 0.5) is 35.1 Å². The molecular formula is C22H20ClF8N7O2. The number of carbonyl (C=O) groups is 1. The number of hydrogen-bond acceptors (Lipinski definition) is 6. The van der Waals surface area contributed by atoms with Gasteiger partial charge in [-0.3, -0.25) is 9.69 Å². The summed E-state index contributed by atoms with van der Waals surface area (Å²) < 4.78 is 114. The topological polar surface area (TPSA) is 90.1 Å². The molecule has 1 aromatic carbocycles. The van der Waals surface area contributed by atoms with Gasteiger partial charge in [-0.05, 0) is 12.1 Å². The number of morpholine rings is 1. The largest absolute Gasteiger partial charge is 0.459 e. The highest BCUT2D eigenvalue weighted by Crippen LogP contribution is 2.49. The molecule has 0 radical (unpaired) electrons. The number of alkyl halides is 8. The summed E-state index contributed by atoms with van der Waals surface area (Å²) in [5, 5.41) is 12.8. The van der Waals surface area contributed by atoms with E-state index < -0.39 is 41.3 Å². The molecule has 1 aliphatic heterocycles. The molecule has 9 nitrogen and oxygen atoms in total. The summed E-state index contributed by atoms with van der Waals surface area (Å²) in [5.74, 6) is -7.67. The highest BCUT2D eigenvalue weighted by molar-refractivity contribution is 6.34. The summed E-state index contributed by atoms with van der Waals surface area (Å²) in [7, 11) is 0.754. The van der Waals surface area contributed by atoms with E-state index in [4.69, 9.17) is 16.3 Å². The molecule has 0 spiro atoms. The summed E-state index contributed by atoms with van der Waals surface area (Å²) in [5.41, 5.74) is -4.81. The van der Waals surface area contributed by atoms with Crippen LogP contribution in [0.3, 0.4) is 0 Å². The van der Waals surface area contributed by atoms with Crippen LogP contribution in [0.15, 0.2) is 24.4 Å². The third kappa shape index (κ3) is 5.90. The Bertz CT molecular complexity index is 1380. The molecule has 0 saturated carbocycles. The Morgan fingerprint density at radius 2 is 1.77 bits per heavy atom. The fourth-order valence-corrected chi connectivity index (χ4v) is 4.20. The second kappa shape index (κ2) is 10.9. The molecule has 3 aromatic rings. The maximum atomic E-state index is 14.0. The van der Waals surface area contributed by atoms with Crippen LogP contribution in [0.2, 0.25) is 5.02 Å². The van der Waals surface area contributed by atoms with Gasteiger partial charge in [0, 0.05) is 38.8 Å². The number of ether oxygens (including phenoxy) is 1. The summed E-state index contributed by atoms with van der Waals surface area (Å²) in [6.45, 7) is 3.44. The van der Waals surface area contributed by atoms with Gasteiger partial charge in [-0.25, -0.2) is 9.36 Å². The van der Waals surface area contributed by atoms with Crippen LogP contribution >= 0.6 is 11.6 Å². The van der Waals surface area contributed by atoms with Crippen LogP contribution < -0.4 is 5.32 Å². The molecule has 1 amide bonds. The number of nitrogens with one attached hydrogen (secondary N) is 1. The molecular weight excluding hydrogens is 582 g/mol. The molecule has 0 atom stereocenters. The standard InChI is InChI=1S/C22H20ClF8N7O2/c1-36-19(16(21(26,27)28)17(34-36)20(24,25)22(29,30)31)38-11-15(33-35-38)12-2-3-14(23)13(10-12)18(39)32-4-5-37-6-8-40-9-7-37/h2-3,10-11H,4-9H2,1H3,(H,32,39). The van der Waals surface area contributed by atoms with Gasteiger partial charge in [-0.1, -0.05) is 22.9 Å². The zero-order valence-electron chi connectivity index (χ0n) is 20.5. The predicted molar refractivity (Wildman–Crippen MR) is 123 cm³/mol. The van der Waals surface area contributed by atoms with Gasteiger partial charge in [0.05, 0.1) is 30.0 Å². The fourth-order valence-electron chi connectivity index (χ4n) is 4.00. The number of hydrogen-bond donors (Lipinski definition) is 1. The van der Waals surface area contributed by atoms with Crippen LogP contribution in [-0.2, 0) is 23.9 Å². The minimum Gasteiger partial charge on any atom is -0.379 e. The van der Waals surface area contributed by atoms with Gasteiger partial charge in [0.1, 0.15) is 11.3 Å². The van der Waals surface area contributed by atoms with E-state index in [9.17, 15) is 39.9 Å². The Hall–Kier alpha value is -3.31. The quantitative estimate of drug-likeness (QED) is 0.411. The van der Waals surface area contributed by atoms with Crippen molar-refractivity contribution in [3.63, 3.8) is 0 Å². The monoisotopic (exact) mass is 601 g/mol. The number of aromatic nitrogens is 5. The van der Waals surface area contributed by atoms with Crippen LogP contribution in [-0.4, -0.2) is 81.2 Å². The highest BCUT2D eigenvalue weighted by Gasteiger charge is 2.64. The number of carbonyl (C=O) groups excluding carboxylic acids is 1. The van der Waals surface area contributed by atoms with E-state index >= 15 is 0 Å². The Balaban J connectivity index is 1.63. The maximum Gasteiger partial charge on any atom is 0.459 e. The molecule has 1 N–H and O–H groups in total. The Kier molecular flexibility index (Phi) is 8.11. The van der Waals surface area contributed by atoms with Gasteiger partial charge in [0.25, 0.3) is 5.91 Å². The van der Waals surface area contributed by atoms with E-state index in [1.807, 2.05) is 0 Å². The number of rotatable bonds is 7. The van der Waals surface area contributed by atoms with Crippen molar-refractivity contribution in [1.29, 1.82) is 0 Å². The molecule has 0 unspecified atom stereocenters. The van der Waals surface area contributed by atoms with Crippen LogP contribution in [0.1, 0.15) is 21.6 Å². The summed E-state index contributed by atoms with van der Waals surface area (Å²) in [6.07, 6.45) is -11.1. The molecule has 1 saturated heterocycles. The minimum absolute atomic E-state index is 0.0133. The molecule has 4 rings (SSSR count). The van der Waals surface area contributed by atoms with Crippen molar-refractivity contribution in [2.75, 3.05) is 39.4 Å². The summed E-state index contributed by atoms with van der Waals surface area (Å²) in [4.78, 5) is 14.8. The molecule has 0 aliphatic carbocycles. The maximum absolute atomic E-state index is 14.0. The minimum atomic E-state index is -6.34. The van der Waals surface area contributed by atoms with Crippen molar-refractivity contribution in [2.24, 2.45) is 7.05 Å². The third-order valence-electron chi connectivity index (χ3n) is 5.99. The Morgan fingerprint density at radius 1 is 1.10 bits per heavy atom. The fraction of sp³-hybridized carbons (Fsp3) is 0.455. The van der Waals surface area contributed by atoms with Gasteiger partial charge < -0.3 is 10.1 Å². The van der Waals surface area contributed by atoms with Crippen molar-refractivity contribution in [3.8, 4) is 17.1 Å². The molecule has 40 heavy (non-hydrogen) atoms. The first kappa shape index (κ1) is 29.7. The number of nitrogens with zero attached hydrogens (tertiary/aromatic N) is 6. The van der Waals surface area contributed by atoms with Crippen molar-refractivity contribution < 1.29 is 44.7 Å². The van der Waals surface area contributed by atoms with E-state index in [1.165, 1.54) is 18.2 Å². The van der Waals surface area contributed by atoms with E-state index in [2.05, 4.69) is 25.6 Å². The number of halogens is 9. The SMILES string of the molecule is Cn1nc(C(F)(F)C(F)(F)F)c(C(F)(F)F)c1-n1cc(-c2ccc(Cl)c(C(=O)NCCN3CCOCC3)c2)nn1. The molecule has 2 aromatic heterocycles. The lowest BCUT2D eigenvalue weighted by molar-refractivity contribution is -0.292. The van der Waals surface area contributed by atoms with Crippen molar-refractivity contribution in [3.05, 3.63) is 46.2 Å². The van der Waals surface area contributed by atoms with Crippen LogP contribution in [0.25, 0.3) is 17.1 Å². The number of benzene rings is 1. The molecule has 1 aliphatic rings. The number of aryl methyl sites for hydroxylation is 1. The smallest absolute Gasteiger partial charge is 0.379 e. The number of amides is 1. The van der Waals surface area contributed by atoms with E-state index in [0.29, 0.717) is 44.1 Å². The van der Waals surface area contributed by atoms with Crippen LogP contribution in [0, 0.1) is 0 Å². The van der Waals surface area contributed by atoms with E-state index in [0.717, 1.165) is 13.2 Å². The van der Waals surface area contributed by atoms with Crippen LogP contribution in [0.5, 0.6) is 0 Å². The molecule has 3 heterocycles. The van der Waals surface area contributed by atoms with E-state index in [1.54, 1.807) is 0 Å². The summed E-state index contributed by atoms with van der Waals surface area (Å²) >= 11 is 6.15. The molecule has 0 bridgehead atoms. The average molecular weight is 602 g/mol. The van der Waals surface area contributed by atoms with E-state index in [-0.39, 0.29) is 26.5 Å². The zero-order valence-corrected chi connectivity index (χ0v) is 21.2. The normalized spacial score (nSPS) is 15.4. The third-order valence-corrected chi connectivity index (χ3v) is 6.32. The first-order valence-corrected chi connectivity index (χ1v) is 11.9. The van der Waals surface area contributed by atoms with Gasteiger partial charge in [-0.15, -0.1) is 5.10 Å². The first-order valence-electron chi connectivity index (χ1n) is 11.5. The molecule has 18 heteroatoms. The van der Waals surface area contributed by atoms with Crippen molar-refractivity contribution in [1.82, 2.24) is 35.0 Å².